The van der Waals surface area contributed by atoms with E-state index in [1.165, 1.54) is 0 Å². The molecule has 8 heteroatoms. The van der Waals surface area contributed by atoms with Crippen LogP contribution in [0.4, 0.5) is 13.6 Å². The highest BCUT2D eigenvalue weighted by Crippen LogP contribution is 2.45. The fourth-order valence-corrected chi connectivity index (χ4v) is 3.82. The number of aliphatic hydroxyl groups excluding tert-OH is 1. The molecule has 0 radical (unpaired) electrons. The first-order valence-electron chi connectivity index (χ1n) is 8.88. The molecule has 0 heterocycles. The first-order chi connectivity index (χ1) is 13.3. The number of benzene rings is 2. The van der Waals surface area contributed by atoms with Gasteiger partial charge in [0.1, 0.15) is 23.8 Å². The summed E-state index contributed by atoms with van der Waals surface area (Å²) in [5.41, 5.74) is 6.28. The first-order valence-corrected chi connectivity index (χ1v) is 9.95. The molecule has 1 aliphatic carbocycles. The maximum absolute atomic E-state index is 13.4. The minimum atomic E-state index is -1.10. The highest BCUT2D eigenvalue weighted by Gasteiger charge is 2.44. The maximum atomic E-state index is 13.4. The van der Waals surface area contributed by atoms with Gasteiger partial charge in [-0.2, -0.15) is 0 Å². The predicted molar refractivity (Wildman–Crippen MR) is 109 cm³/mol. The Morgan fingerprint density at radius 3 is 2.50 bits per heavy atom. The van der Waals surface area contributed by atoms with Crippen LogP contribution in [0.5, 0.6) is 0 Å². The van der Waals surface area contributed by atoms with Crippen molar-refractivity contribution in [3.8, 4) is 0 Å². The Bertz CT molecular complexity index is 841. The van der Waals surface area contributed by atoms with Gasteiger partial charge >= 0.3 is 6.09 Å². The highest BCUT2D eigenvalue weighted by atomic mass is 127. The molecule has 2 atom stereocenters. The van der Waals surface area contributed by atoms with E-state index in [1.807, 2.05) is 18.2 Å². The summed E-state index contributed by atoms with van der Waals surface area (Å²) in [6.07, 6.45) is -1.39. The Balaban J connectivity index is 1.68. The summed E-state index contributed by atoms with van der Waals surface area (Å²) in [6, 6.07) is 11.1. The lowest BCUT2D eigenvalue weighted by atomic mass is 10.0. The molecule has 0 unspecified atom stereocenters. The van der Waals surface area contributed by atoms with Crippen LogP contribution in [0.15, 0.2) is 42.5 Å². The van der Waals surface area contributed by atoms with Gasteiger partial charge in [0.25, 0.3) is 0 Å². The number of ether oxygens (including phenoxy) is 1. The topological polar surface area (TPSA) is 84.6 Å². The molecular formula is C20H21F2IN2O3. The summed E-state index contributed by atoms with van der Waals surface area (Å²) in [5.74, 6) is -1.48. The zero-order valence-corrected chi connectivity index (χ0v) is 17.2. The van der Waals surface area contributed by atoms with Crippen LogP contribution in [0.2, 0.25) is 0 Å². The first kappa shape index (κ1) is 20.9. The van der Waals surface area contributed by atoms with Crippen molar-refractivity contribution in [1.82, 2.24) is 5.32 Å². The van der Waals surface area contributed by atoms with Crippen LogP contribution in [-0.2, 0) is 16.7 Å². The Morgan fingerprint density at radius 1 is 1.25 bits per heavy atom. The standard InChI is InChI=1S/C20H21F2IN2O3/c21-14-6-12(7-15(22)10-14)8-18(28-19(24)27)17(26)11-25-20(4-5-20)13-2-1-3-16(23)9-13/h1-3,6-7,9-10,17-18,25-26H,4-5,8,11H2,(H2,24,27)/t17-,18-/m0/s1. The van der Waals surface area contributed by atoms with Gasteiger partial charge in [-0.15, -0.1) is 0 Å². The molecule has 0 spiro atoms. The normalized spacial score (nSPS) is 17.0. The van der Waals surface area contributed by atoms with Crippen LogP contribution in [0.1, 0.15) is 24.0 Å². The molecule has 0 aliphatic heterocycles. The SMILES string of the molecule is NC(=O)O[C@@H](Cc1cc(F)cc(F)c1)[C@@H](O)CNC1(c2cccc(I)c2)CC1. The van der Waals surface area contributed by atoms with Crippen LogP contribution in [0, 0.1) is 15.2 Å². The molecule has 4 N–H and O–H groups in total. The van der Waals surface area contributed by atoms with E-state index in [1.54, 1.807) is 0 Å². The van der Waals surface area contributed by atoms with Crippen molar-refractivity contribution in [2.75, 3.05) is 6.54 Å². The summed E-state index contributed by atoms with van der Waals surface area (Å²) in [4.78, 5) is 11.2. The minimum Gasteiger partial charge on any atom is -0.443 e. The average molecular weight is 502 g/mol. The molecule has 1 amide bonds. The number of rotatable bonds is 8. The number of carbonyl (C=O) groups excluding carboxylic acids is 1. The third-order valence-corrected chi connectivity index (χ3v) is 5.50. The molecular weight excluding hydrogens is 481 g/mol. The minimum absolute atomic E-state index is 0.0588. The van der Waals surface area contributed by atoms with Gasteiger partial charge in [0.2, 0.25) is 0 Å². The van der Waals surface area contributed by atoms with E-state index in [4.69, 9.17) is 10.5 Å². The third kappa shape index (κ3) is 5.39. The van der Waals surface area contributed by atoms with E-state index >= 15 is 0 Å². The molecule has 0 bridgehead atoms. The summed E-state index contributed by atoms with van der Waals surface area (Å²) in [5, 5.41) is 13.9. The van der Waals surface area contributed by atoms with Crippen molar-refractivity contribution in [2.24, 2.45) is 5.73 Å². The Hall–Kier alpha value is -1.78. The lowest BCUT2D eigenvalue weighted by Crippen LogP contribution is -2.44. The summed E-state index contributed by atoms with van der Waals surface area (Å²) in [7, 11) is 0. The monoisotopic (exact) mass is 502 g/mol. The second kappa shape index (κ2) is 8.71. The molecule has 0 aromatic heterocycles. The molecule has 2 aromatic carbocycles. The molecule has 1 fully saturated rings. The van der Waals surface area contributed by atoms with Gasteiger partial charge in [-0.3, -0.25) is 0 Å². The molecule has 1 aliphatic rings. The lowest BCUT2D eigenvalue weighted by molar-refractivity contribution is 0.00561. The van der Waals surface area contributed by atoms with Crippen molar-refractivity contribution in [3.63, 3.8) is 0 Å². The van der Waals surface area contributed by atoms with E-state index < -0.39 is 29.9 Å². The van der Waals surface area contributed by atoms with Gasteiger partial charge in [-0.05, 0) is 70.8 Å². The fourth-order valence-electron chi connectivity index (χ4n) is 3.28. The lowest BCUT2D eigenvalue weighted by Gasteiger charge is -2.26. The molecule has 1 saturated carbocycles. The molecule has 28 heavy (non-hydrogen) atoms. The molecule has 0 saturated heterocycles. The van der Waals surface area contributed by atoms with Crippen molar-refractivity contribution in [3.05, 3.63) is 68.8 Å². The van der Waals surface area contributed by atoms with Crippen molar-refractivity contribution < 1.29 is 23.4 Å². The highest BCUT2D eigenvalue weighted by molar-refractivity contribution is 14.1. The number of nitrogens with one attached hydrogen (secondary N) is 1. The predicted octanol–water partition coefficient (Wildman–Crippen LogP) is 3.22. The second-order valence-corrected chi connectivity index (χ2v) is 8.24. The Kier molecular flexibility index (Phi) is 6.51. The van der Waals surface area contributed by atoms with Crippen LogP contribution < -0.4 is 11.1 Å². The number of aliphatic hydroxyl groups is 1. The van der Waals surface area contributed by atoms with E-state index in [2.05, 4.69) is 34.0 Å². The summed E-state index contributed by atoms with van der Waals surface area (Å²) < 4.78 is 33.0. The van der Waals surface area contributed by atoms with Crippen LogP contribution in [-0.4, -0.2) is 30.0 Å². The second-order valence-electron chi connectivity index (χ2n) is 7.00. The zero-order valence-electron chi connectivity index (χ0n) is 15.0. The van der Waals surface area contributed by atoms with Gasteiger partial charge in [-0.25, -0.2) is 13.6 Å². The van der Waals surface area contributed by atoms with Crippen molar-refractivity contribution >= 4 is 28.7 Å². The van der Waals surface area contributed by atoms with Gasteiger partial charge in [-0.1, -0.05) is 12.1 Å². The van der Waals surface area contributed by atoms with Gasteiger partial charge < -0.3 is 20.9 Å². The van der Waals surface area contributed by atoms with E-state index in [9.17, 15) is 18.7 Å². The zero-order chi connectivity index (χ0) is 20.3. The fraction of sp³-hybridized carbons (Fsp3) is 0.350. The van der Waals surface area contributed by atoms with E-state index in [0.717, 1.165) is 40.2 Å². The molecule has 5 nitrogen and oxygen atoms in total. The summed E-state index contributed by atoms with van der Waals surface area (Å²) >= 11 is 2.25. The quantitative estimate of drug-likeness (QED) is 0.485. The molecule has 3 rings (SSSR count). The van der Waals surface area contributed by atoms with Gasteiger partial charge in [0, 0.05) is 28.1 Å². The number of carbonyl (C=O) groups is 1. The van der Waals surface area contributed by atoms with Gasteiger partial charge in [0.15, 0.2) is 0 Å². The largest absolute Gasteiger partial charge is 0.443 e. The number of primary amides is 1. The van der Waals surface area contributed by atoms with Crippen molar-refractivity contribution in [2.45, 2.75) is 37.0 Å². The number of halogens is 3. The van der Waals surface area contributed by atoms with Crippen LogP contribution >= 0.6 is 22.6 Å². The maximum Gasteiger partial charge on any atom is 0.404 e. The molecule has 150 valence electrons. The van der Waals surface area contributed by atoms with E-state index in [-0.39, 0.29) is 24.1 Å². The Labute approximate surface area is 175 Å². The smallest absolute Gasteiger partial charge is 0.404 e. The number of hydrogen-bond acceptors (Lipinski definition) is 4. The molecule has 2 aromatic rings. The van der Waals surface area contributed by atoms with Crippen LogP contribution in [0.25, 0.3) is 0 Å². The number of nitrogens with two attached hydrogens (primary N) is 1. The third-order valence-electron chi connectivity index (χ3n) is 4.83. The summed E-state index contributed by atoms with van der Waals surface area (Å²) in [6.45, 7) is 0.140. The number of hydrogen-bond donors (Lipinski definition) is 3. The van der Waals surface area contributed by atoms with E-state index in [0.29, 0.717) is 0 Å². The van der Waals surface area contributed by atoms with Crippen LogP contribution in [0.3, 0.4) is 0 Å². The van der Waals surface area contributed by atoms with Crippen molar-refractivity contribution in [1.29, 1.82) is 0 Å². The average Bonchev–Trinajstić information content (AvgIpc) is 3.39. The number of amides is 1. The van der Waals surface area contributed by atoms with Gasteiger partial charge in [0.05, 0.1) is 0 Å². The Morgan fingerprint density at radius 2 is 1.93 bits per heavy atom.